The van der Waals surface area contributed by atoms with Gasteiger partial charge < -0.3 is 4.90 Å². The third kappa shape index (κ3) is 3.91. The fraction of sp³-hybridized carbons (Fsp3) is 0.778. The summed E-state index contributed by atoms with van der Waals surface area (Å²) >= 11 is 0. The highest BCUT2D eigenvalue weighted by molar-refractivity contribution is 7.91. The van der Waals surface area contributed by atoms with E-state index in [1.807, 2.05) is 11.0 Å². The number of sulfone groups is 1. The van der Waals surface area contributed by atoms with Gasteiger partial charge in [0.2, 0.25) is 0 Å². The Bertz CT molecular complexity index is 733. The monoisotopic (exact) mass is 367 g/mol. The van der Waals surface area contributed by atoms with Crippen LogP contribution in [0.3, 0.4) is 0 Å². The second-order valence-corrected chi connectivity index (χ2v) is 10.0. The van der Waals surface area contributed by atoms with Crippen molar-refractivity contribution in [3.05, 3.63) is 17.5 Å². The van der Waals surface area contributed by atoms with Crippen molar-refractivity contribution < 1.29 is 13.2 Å². The van der Waals surface area contributed by atoms with Crippen molar-refractivity contribution >= 4 is 15.7 Å². The second-order valence-electron chi connectivity index (χ2n) is 7.79. The van der Waals surface area contributed by atoms with Crippen LogP contribution in [0, 0.1) is 0 Å². The molecule has 1 aromatic heterocycles. The van der Waals surface area contributed by atoms with Crippen LogP contribution in [0.2, 0.25) is 0 Å². The van der Waals surface area contributed by atoms with Crippen LogP contribution < -0.4 is 0 Å². The molecule has 1 aliphatic carbocycles. The first-order valence-electron chi connectivity index (χ1n) is 9.35. The fourth-order valence-corrected chi connectivity index (χ4v) is 5.80. The molecule has 0 radical (unpaired) electrons. The van der Waals surface area contributed by atoms with Crippen LogP contribution in [0.1, 0.15) is 74.5 Å². The second kappa shape index (κ2) is 7.09. The van der Waals surface area contributed by atoms with Gasteiger partial charge in [0.1, 0.15) is 5.69 Å². The Morgan fingerprint density at radius 2 is 1.88 bits per heavy atom. The third-order valence-electron chi connectivity index (χ3n) is 5.51. The first-order valence-corrected chi connectivity index (χ1v) is 11.2. The molecular formula is C18H29N3O3S. The van der Waals surface area contributed by atoms with Gasteiger partial charge in [-0.1, -0.05) is 33.1 Å². The molecule has 2 heterocycles. The molecule has 1 aromatic rings. The quantitative estimate of drug-likeness (QED) is 0.820. The molecule has 0 bridgehead atoms. The number of carbonyl (C=O) groups excluding carboxylic acids is 1. The zero-order valence-electron chi connectivity index (χ0n) is 15.4. The number of aromatic nitrogens is 2. The Labute approximate surface area is 150 Å². The number of hydrogen-bond donors (Lipinski definition) is 0. The lowest BCUT2D eigenvalue weighted by atomic mass is 9.92. The summed E-state index contributed by atoms with van der Waals surface area (Å²) in [6, 6.07) is 1.82. The maximum atomic E-state index is 13.4. The summed E-state index contributed by atoms with van der Waals surface area (Å²) in [5, 5.41) is 4.46. The Morgan fingerprint density at radius 3 is 2.40 bits per heavy atom. The molecule has 1 saturated carbocycles. The Balaban J connectivity index is 1.92. The predicted molar refractivity (Wildman–Crippen MR) is 97.4 cm³/mol. The van der Waals surface area contributed by atoms with Crippen LogP contribution in [0.25, 0.3) is 0 Å². The fourth-order valence-electron chi connectivity index (χ4n) is 4.09. The van der Waals surface area contributed by atoms with Crippen molar-refractivity contribution in [1.82, 2.24) is 14.7 Å². The number of nitrogens with zero attached hydrogens (tertiary/aromatic N) is 3. The van der Waals surface area contributed by atoms with Crippen molar-refractivity contribution in [2.24, 2.45) is 7.05 Å². The van der Waals surface area contributed by atoms with Gasteiger partial charge >= 0.3 is 0 Å². The SMILES string of the molecule is CC(C)c1cc(C(=O)N(C2CCCCC2)C2CCS(=O)(=O)C2)n(C)n1. The van der Waals surface area contributed by atoms with E-state index in [9.17, 15) is 13.2 Å². The van der Waals surface area contributed by atoms with Crippen LogP contribution in [-0.2, 0) is 16.9 Å². The van der Waals surface area contributed by atoms with E-state index in [-0.39, 0.29) is 35.4 Å². The van der Waals surface area contributed by atoms with E-state index in [2.05, 4.69) is 18.9 Å². The van der Waals surface area contributed by atoms with Gasteiger partial charge in [-0.3, -0.25) is 9.48 Å². The molecule has 7 heteroatoms. The summed E-state index contributed by atoms with van der Waals surface area (Å²) in [5.41, 5.74) is 1.46. The zero-order valence-corrected chi connectivity index (χ0v) is 16.3. The van der Waals surface area contributed by atoms with E-state index >= 15 is 0 Å². The molecular weight excluding hydrogens is 338 g/mol. The third-order valence-corrected chi connectivity index (χ3v) is 7.26. The number of aryl methyl sites for hydroxylation is 1. The molecule has 0 spiro atoms. The van der Waals surface area contributed by atoms with E-state index in [4.69, 9.17) is 0 Å². The lowest BCUT2D eigenvalue weighted by molar-refractivity contribution is 0.0530. The summed E-state index contributed by atoms with van der Waals surface area (Å²) in [4.78, 5) is 15.3. The van der Waals surface area contributed by atoms with E-state index in [1.165, 1.54) is 6.42 Å². The molecule has 0 aromatic carbocycles. The lowest BCUT2D eigenvalue weighted by Gasteiger charge is -2.38. The van der Waals surface area contributed by atoms with Crippen LogP contribution in [0.5, 0.6) is 0 Å². The maximum absolute atomic E-state index is 13.4. The number of rotatable bonds is 4. The normalized spacial score (nSPS) is 23.9. The first-order chi connectivity index (χ1) is 11.8. The van der Waals surface area contributed by atoms with E-state index in [0.29, 0.717) is 12.1 Å². The molecule has 1 unspecified atom stereocenters. The summed E-state index contributed by atoms with van der Waals surface area (Å²) < 4.78 is 25.6. The first kappa shape index (κ1) is 18.4. The lowest BCUT2D eigenvalue weighted by Crippen LogP contribution is -2.49. The predicted octanol–water partition coefficient (Wildman–Crippen LogP) is 2.51. The highest BCUT2D eigenvalue weighted by Gasteiger charge is 2.39. The molecule has 2 aliphatic rings. The molecule has 1 atom stereocenters. The summed E-state index contributed by atoms with van der Waals surface area (Å²) in [7, 11) is -1.23. The van der Waals surface area contributed by atoms with Crippen molar-refractivity contribution in [3.8, 4) is 0 Å². The van der Waals surface area contributed by atoms with Crippen molar-refractivity contribution in [2.45, 2.75) is 70.4 Å². The molecule has 1 saturated heterocycles. The number of carbonyl (C=O) groups is 1. The van der Waals surface area contributed by atoms with Gasteiger partial charge in [-0.2, -0.15) is 5.10 Å². The molecule has 0 N–H and O–H groups in total. The van der Waals surface area contributed by atoms with Gasteiger partial charge in [-0.15, -0.1) is 0 Å². The van der Waals surface area contributed by atoms with Crippen LogP contribution >= 0.6 is 0 Å². The topological polar surface area (TPSA) is 72.3 Å². The van der Waals surface area contributed by atoms with Crippen LogP contribution in [-0.4, -0.2) is 52.6 Å². The van der Waals surface area contributed by atoms with E-state index < -0.39 is 9.84 Å². The highest BCUT2D eigenvalue weighted by atomic mass is 32.2. The molecule has 2 fully saturated rings. The molecule has 1 amide bonds. The Morgan fingerprint density at radius 1 is 1.20 bits per heavy atom. The molecule has 25 heavy (non-hydrogen) atoms. The average molecular weight is 368 g/mol. The number of hydrogen-bond acceptors (Lipinski definition) is 4. The summed E-state index contributed by atoms with van der Waals surface area (Å²) in [6.07, 6.45) is 5.91. The Kier molecular flexibility index (Phi) is 5.23. The molecule has 140 valence electrons. The molecule has 3 rings (SSSR count). The standard InChI is InChI=1S/C18H29N3O3S/c1-13(2)16-11-17(20(3)19-16)18(22)21(14-7-5-4-6-8-14)15-9-10-25(23,24)12-15/h11,13-15H,4-10,12H2,1-3H3. The molecule has 6 nitrogen and oxygen atoms in total. The Hall–Kier alpha value is -1.37. The van der Waals surface area contributed by atoms with Crippen molar-refractivity contribution in [1.29, 1.82) is 0 Å². The van der Waals surface area contributed by atoms with Gasteiger partial charge in [0, 0.05) is 19.1 Å². The van der Waals surface area contributed by atoms with Gasteiger partial charge in [0.05, 0.1) is 17.2 Å². The highest BCUT2D eigenvalue weighted by Crippen LogP contribution is 2.30. The van der Waals surface area contributed by atoms with Gasteiger partial charge in [0.25, 0.3) is 5.91 Å². The zero-order chi connectivity index (χ0) is 18.2. The van der Waals surface area contributed by atoms with E-state index in [0.717, 1.165) is 31.4 Å². The van der Waals surface area contributed by atoms with Crippen LogP contribution in [0.15, 0.2) is 6.07 Å². The summed E-state index contributed by atoms with van der Waals surface area (Å²) in [5.74, 6) is 0.486. The minimum Gasteiger partial charge on any atom is -0.330 e. The van der Waals surface area contributed by atoms with Crippen LogP contribution in [0.4, 0.5) is 0 Å². The summed E-state index contributed by atoms with van der Waals surface area (Å²) in [6.45, 7) is 4.11. The average Bonchev–Trinajstić information content (AvgIpc) is 3.11. The largest absolute Gasteiger partial charge is 0.330 e. The van der Waals surface area contributed by atoms with E-state index in [1.54, 1.807) is 11.7 Å². The maximum Gasteiger partial charge on any atom is 0.272 e. The number of amides is 1. The van der Waals surface area contributed by atoms with Gasteiger partial charge in [0.15, 0.2) is 9.84 Å². The smallest absolute Gasteiger partial charge is 0.272 e. The molecule has 1 aliphatic heterocycles. The van der Waals surface area contributed by atoms with Crippen molar-refractivity contribution in [2.75, 3.05) is 11.5 Å². The van der Waals surface area contributed by atoms with Gasteiger partial charge in [-0.05, 0) is 31.2 Å². The minimum absolute atomic E-state index is 0.0594. The minimum atomic E-state index is -3.03. The van der Waals surface area contributed by atoms with Gasteiger partial charge in [-0.25, -0.2) is 8.42 Å². The van der Waals surface area contributed by atoms with Crippen molar-refractivity contribution in [3.63, 3.8) is 0 Å².